The Morgan fingerprint density at radius 3 is 2.75 bits per heavy atom. The van der Waals surface area contributed by atoms with Gasteiger partial charge in [-0.05, 0) is 40.2 Å². The second kappa shape index (κ2) is 5.55. The van der Waals surface area contributed by atoms with E-state index in [1.54, 1.807) is 0 Å². The van der Waals surface area contributed by atoms with E-state index < -0.39 is 20.7 Å². The maximum absolute atomic E-state index is 13.8. The lowest BCUT2D eigenvalue weighted by Crippen LogP contribution is -2.15. The molecule has 0 radical (unpaired) electrons. The number of nitrogens with zero attached hydrogens (tertiary/aromatic N) is 1. The van der Waals surface area contributed by atoms with Crippen LogP contribution in [0, 0.1) is 5.82 Å². The first-order valence-corrected chi connectivity index (χ1v) is 7.84. The van der Waals surface area contributed by atoms with Crippen LogP contribution in [0.2, 0.25) is 5.02 Å². The minimum atomic E-state index is -4.17. The van der Waals surface area contributed by atoms with Gasteiger partial charge in [-0.3, -0.25) is 4.72 Å². The summed E-state index contributed by atoms with van der Waals surface area (Å²) in [6.45, 7) is 0. The highest BCUT2D eigenvalue weighted by Gasteiger charge is 2.23. The fourth-order valence-corrected chi connectivity index (χ4v) is 3.41. The number of anilines is 2. The van der Waals surface area contributed by atoms with Gasteiger partial charge in [0.15, 0.2) is 5.82 Å². The lowest BCUT2D eigenvalue weighted by atomic mass is 10.3. The lowest BCUT2D eigenvalue weighted by molar-refractivity contribution is 0.571. The zero-order valence-electron chi connectivity index (χ0n) is 9.77. The fourth-order valence-electron chi connectivity index (χ4n) is 1.44. The van der Waals surface area contributed by atoms with E-state index in [-0.39, 0.29) is 21.0 Å². The van der Waals surface area contributed by atoms with Gasteiger partial charge in [-0.25, -0.2) is 17.8 Å². The van der Waals surface area contributed by atoms with E-state index in [2.05, 4.69) is 25.6 Å². The number of nitrogens with two attached hydrogens (primary N) is 1. The molecule has 0 fully saturated rings. The number of benzene rings is 1. The Bertz CT molecular complexity index is 770. The molecule has 2 rings (SSSR count). The van der Waals surface area contributed by atoms with Gasteiger partial charge in [0.2, 0.25) is 0 Å². The number of hydrogen-bond acceptors (Lipinski definition) is 4. The number of hydrogen-bond donors (Lipinski definition) is 2. The number of sulfonamides is 1. The van der Waals surface area contributed by atoms with E-state index in [1.165, 1.54) is 18.3 Å². The molecule has 1 heterocycles. The van der Waals surface area contributed by atoms with Gasteiger partial charge in [0.25, 0.3) is 10.0 Å². The third-order valence-electron chi connectivity index (χ3n) is 2.31. The molecule has 0 saturated heterocycles. The van der Waals surface area contributed by atoms with E-state index in [1.807, 2.05) is 0 Å². The molecule has 3 N–H and O–H groups in total. The first kappa shape index (κ1) is 15.0. The number of nitrogens with one attached hydrogen (secondary N) is 1. The Kier molecular flexibility index (Phi) is 4.17. The number of nitrogen functional groups attached to an aromatic ring is 1. The predicted octanol–water partition coefficient (Wildman–Crippen LogP) is 3.02. The van der Waals surface area contributed by atoms with E-state index in [0.717, 1.165) is 12.1 Å². The molecule has 1 aromatic carbocycles. The average molecular weight is 381 g/mol. The number of aromatic nitrogens is 1. The van der Waals surface area contributed by atoms with Gasteiger partial charge >= 0.3 is 0 Å². The summed E-state index contributed by atoms with van der Waals surface area (Å²) in [5, 5.41) is -0.365. The number of pyridine rings is 1. The van der Waals surface area contributed by atoms with Crippen LogP contribution in [-0.2, 0) is 10.0 Å². The van der Waals surface area contributed by atoms with Gasteiger partial charge < -0.3 is 5.73 Å². The molecular formula is C11H8BrClFN3O2S. The Morgan fingerprint density at radius 1 is 1.40 bits per heavy atom. The van der Waals surface area contributed by atoms with Crippen LogP contribution in [0.25, 0.3) is 0 Å². The van der Waals surface area contributed by atoms with Crippen LogP contribution in [-0.4, -0.2) is 13.4 Å². The van der Waals surface area contributed by atoms with Gasteiger partial charge in [-0.15, -0.1) is 0 Å². The molecule has 2 aromatic rings. The first-order valence-electron chi connectivity index (χ1n) is 5.19. The third-order valence-corrected chi connectivity index (χ3v) is 4.58. The van der Waals surface area contributed by atoms with Crippen LogP contribution in [0.3, 0.4) is 0 Å². The van der Waals surface area contributed by atoms with Crippen LogP contribution >= 0.6 is 27.5 Å². The molecule has 0 amide bonds. The zero-order chi connectivity index (χ0) is 14.9. The largest absolute Gasteiger partial charge is 0.399 e. The molecule has 0 unspecified atom stereocenters. The standard InChI is InChI=1S/C11H8BrClFN3O2S/c12-11-8(2-1-3-16-11)17-20(18,19)9-5-6(15)4-7(13)10(9)14/h1-5,17H,15H2. The van der Waals surface area contributed by atoms with Crippen molar-refractivity contribution in [1.29, 1.82) is 0 Å². The number of halogens is 3. The second-order valence-corrected chi connectivity index (χ2v) is 6.57. The molecule has 9 heteroatoms. The summed E-state index contributed by atoms with van der Waals surface area (Å²) in [6, 6.07) is 5.13. The molecule has 0 spiro atoms. The maximum Gasteiger partial charge on any atom is 0.265 e. The SMILES string of the molecule is Nc1cc(Cl)c(F)c(S(=O)(=O)Nc2cccnc2Br)c1. The quantitative estimate of drug-likeness (QED) is 0.633. The highest BCUT2D eigenvalue weighted by atomic mass is 79.9. The monoisotopic (exact) mass is 379 g/mol. The molecule has 106 valence electrons. The highest BCUT2D eigenvalue weighted by Crippen LogP contribution is 2.28. The Morgan fingerprint density at radius 2 is 2.10 bits per heavy atom. The Balaban J connectivity index is 2.49. The molecule has 0 aliphatic heterocycles. The van der Waals surface area contributed by atoms with Crippen LogP contribution in [0.4, 0.5) is 15.8 Å². The second-order valence-electron chi connectivity index (χ2n) is 3.76. The van der Waals surface area contributed by atoms with Gasteiger partial charge in [0.05, 0.1) is 10.7 Å². The maximum atomic E-state index is 13.8. The van der Waals surface area contributed by atoms with E-state index in [9.17, 15) is 12.8 Å². The normalized spacial score (nSPS) is 11.3. The average Bonchev–Trinajstić information content (AvgIpc) is 2.36. The van der Waals surface area contributed by atoms with Crippen LogP contribution < -0.4 is 10.5 Å². The molecule has 0 aliphatic rings. The van der Waals surface area contributed by atoms with Crippen molar-refractivity contribution < 1.29 is 12.8 Å². The molecule has 0 saturated carbocycles. The lowest BCUT2D eigenvalue weighted by Gasteiger charge is -2.11. The first-order chi connectivity index (χ1) is 9.31. The molecule has 20 heavy (non-hydrogen) atoms. The van der Waals surface area contributed by atoms with Gasteiger partial charge in [0, 0.05) is 11.9 Å². The third kappa shape index (κ3) is 3.02. The van der Waals surface area contributed by atoms with Crippen molar-refractivity contribution in [3.05, 3.63) is 45.9 Å². The Labute approximate surface area is 128 Å². The summed E-state index contributed by atoms with van der Waals surface area (Å²) in [4.78, 5) is 3.23. The molecule has 1 aromatic heterocycles. The van der Waals surface area contributed by atoms with Crippen molar-refractivity contribution in [2.45, 2.75) is 4.90 Å². The minimum absolute atomic E-state index is 0.0435. The smallest absolute Gasteiger partial charge is 0.265 e. The molecule has 0 atom stereocenters. The van der Waals surface area contributed by atoms with Gasteiger partial charge in [-0.2, -0.15) is 0 Å². The number of rotatable bonds is 3. The van der Waals surface area contributed by atoms with Crippen molar-refractivity contribution in [3.63, 3.8) is 0 Å². The van der Waals surface area contributed by atoms with Gasteiger partial charge in [0.1, 0.15) is 9.50 Å². The van der Waals surface area contributed by atoms with Crippen LogP contribution in [0.5, 0.6) is 0 Å². The summed E-state index contributed by atoms with van der Waals surface area (Å²) in [7, 11) is -4.17. The summed E-state index contributed by atoms with van der Waals surface area (Å²) >= 11 is 8.68. The Hall–Kier alpha value is -1.38. The van der Waals surface area contributed by atoms with Crippen LogP contribution in [0.1, 0.15) is 0 Å². The fraction of sp³-hybridized carbons (Fsp3) is 0. The topological polar surface area (TPSA) is 85.1 Å². The summed E-state index contributed by atoms with van der Waals surface area (Å²) in [5.74, 6) is -1.06. The zero-order valence-corrected chi connectivity index (χ0v) is 12.9. The highest BCUT2D eigenvalue weighted by molar-refractivity contribution is 9.10. The van der Waals surface area contributed by atoms with Crippen molar-refractivity contribution in [3.8, 4) is 0 Å². The molecule has 0 aliphatic carbocycles. The van der Waals surface area contributed by atoms with Crippen molar-refractivity contribution in [1.82, 2.24) is 4.98 Å². The van der Waals surface area contributed by atoms with E-state index in [0.29, 0.717) is 0 Å². The van der Waals surface area contributed by atoms with E-state index >= 15 is 0 Å². The van der Waals surface area contributed by atoms with Crippen molar-refractivity contribution >= 4 is 48.9 Å². The summed E-state index contributed by atoms with van der Waals surface area (Å²) in [6.07, 6.45) is 1.47. The minimum Gasteiger partial charge on any atom is -0.399 e. The predicted molar refractivity (Wildman–Crippen MR) is 78.6 cm³/mol. The summed E-state index contributed by atoms with van der Waals surface area (Å²) in [5.41, 5.74) is 5.70. The summed E-state index contributed by atoms with van der Waals surface area (Å²) < 4.78 is 40.7. The molecular weight excluding hydrogens is 373 g/mol. The van der Waals surface area contributed by atoms with E-state index in [4.69, 9.17) is 17.3 Å². The molecule has 5 nitrogen and oxygen atoms in total. The van der Waals surface area contributed by atoms with Gasteiger partial charge in [-0.1, -0.05) is 11.6 Å². The van der Waals surface area contributed by atoms with Crippen LogP contribution in [0.15, 0.2) is 40.0 Å². The van der Waals surface area contributed by atoms with Crippen molar-refractivity contribution in [2.75, 3.05) is 10.5 Å². The van der Waals surface area contributed by atoms with Crippen molar-refractivity contribution in [2.24, 2.45) is 0 Å². The molecule has 0 bridgehead atoms.